The van der Waals surface area contributed by atoms with Gasteiger partial charge in [0.15, 0.2) is 0 Å². The van der Waals surface area contributed by atoms with Crippen LogP contribution in [0.1, 0.15) is 41.0 Å². The first-order chi connectivity index (χ1) is 6.04. The highest BCUT2D eigenvalue weighted by Gasteiger charge is 2.11. The minimum atomic E-state index is -0.180. The average Bonchev–Trinajstić information content (AvgIpc) is 2.14. The highest BCUT2D eigenvalue weighted by atomic mass is 16.5. The van der Waals surface area contributed by atoms with Crippen LogP contribution in [0, 0.1) is 5.92 Å². The highest BCUT2D eigenvalue weighted by molar-refractivity contribution is 5.88. The van der Waals surface area contributed by atoms with Crippen LogP contribution in [0.15, 0.2) is 11.1 Å². The summed E-state index contributed by atoms with van der Waals surface area (Å²) in [4.78, 5) is 11.3. The second kappa shape index (κ2) is 5.79. The molecule has 2 nitrogen and oxygen atoms in total. The van der Waals surface area contributed by atoms with Crippen LogP contribution < -0.4 is 0 Å². The molecule has 0 saturated carbocycles. The van der Waals surface area contributed by atoms with Gasteiger partial charge in [-0.15, -0.1) is 0 Å². The summed E-state index contributed by atoms with van der Waals surface area (Å²) in [7, 11) is 0. The maximum Gasteiger partial charge on any atom is 0.333 e. The fourth-order valence-electron chi connectivity index (χ4n) is 1.08. The van der Waals surface area contributed by atoms with Crippen molar-refractivity contribution < 1.29 is 9.53 Å². The van der Waals surface area contributed by atoms with Gasteiger partial charge in [0.1, 0.15) is 0 Å². The molecule has 0 rings (SSSR count). The van der Waals surface area contributed by atoms with Crippen LogP contribution in [0.25, 0.3) is 0 Å². The Kier molecular flexibility index (Phi) is 5.44. The van der Waals surface area contributed by atoms with Crippen molar-refractivity contribution in [1.29, 1.82) is 0 Å². The summed E-state index contributed by atoms with van der Waals surface area (Å²) in [6.07, 6.45) is 1.06. The predicted octanol–water partition coefficient (Wildman–Crippen LogP) is 2.93. The Bertz CT molecular complexity index is 204. The van der Waals surface area contributed by atoms with E-state index < -0.39 is 0 Å². The Morgan fingerprint density at radius 1 is 1.31 bits per heavy atom. The first-order valence-electron chi connectivity index (χ1n) is 4.89. The Hall–Kier alpha value is -0.790. The summed E-state index contributed by atoms with van der Waals surface area (Å²) in [6, 6.07) is 0. The number of rotatable bonds is 4. The van der Waals surface area contributed by atoms with Gasteiger partial charge < -0.3 is 4.74 Å². The van der Waals surface area contributed by atoms with E-state index in [-0.39, 0.29) is 5.97 Å². The van der Waals surface area contributed by atoms with Crippen molar-refractivity contribution in [2.45, 2.75) is 41.0 Å². The fraction of sp³-hybridized carbons (Fsp3) is 0.727. The van der Waals surface area contributed by atoms with Crippen molar-refractivity contribution in [1.82, 2.24) is 0 Å². The number of carbonyl (C=O) groups excluding carboxylic acids is 1. The molecule has 0 aromatic carbocycles. The molecule has 0 aromatic heterocycles. The molecular weight excluding hydrogens is 164 g/mol. The summed E-state index contributed by atoms with van der Waals surface area (Å²) < 4.78 is 4.92. The maximum atomic E-state index is 11.3. The third kappa shape index (κ3) is 3.62. The van der Waals surface area contributed by atoms with Gasteiger partial charge in [-0.2, -0.15) is 0 Å². The lowest BCUT2D eigenvalue weighted by Crippen LogP contribution is -2.09. The molecule has 0 saturated heterocycles. The molecule has 13 heavy (non-hydrogen) atoms. The first-order valence-corrected chi connectivity index (χ1v) is 4.89. The van der Waals surface area contributed by atoms with E-state index in [0.29, 0.717) is 12.5 Å². The van der Waals surface area contributed by atoms with Gasteiger partial charge in [-0.3, -0.25) is 0 Å². The molecule has 1 unspecified atom stereocenters. The summed E-state index contributed by atoms with van der Waals surface area (Å²) >= 11 is 0. The molecule has 0 amide bonds. The SMILES string of the molecule is CCOC(=O)C(C)=C(C)C(C)CC. The minimum absolute atomic E-state index is 0.180. The van der Waals surface area contributed by atoms with E-state index >= 15 is 0 Å². The summed E-state index contributed by atoms with van der Waals surface area (Å²) in [5.41, 5.74) is 1.90. The van der Waals surface area contributed by atoms with E-state index in [1.165, 1.54) is 0 Å². The zero-order valence-corrected chi connectivity index (χ0v) is 9.31. The topological polar surface area (TPSA) is 26.3 Å². The number of carbonyl (C=O) groups is 1. The van der Waals surface area contributed by atoms with Crippen molar-refractivity contribution in [2.75, 3.05) is 6.61 Å². The van der Waals surface area contributed by atoms with Crippen LogP contribution in [0.4, 0.5) is 0 Å². The molecule has 0 bridgehead atoms. The Balaban J connectivity index is 4.50. The normalized spacial score (nSPS) is 14.8. The molecule has 76 valence electrons. The van der Waals surface area contributed by atoms with Crippen molar-refractivity contribution in [3.05, 3.63) is 11.1 Å². The quantitative estimate of drug-likeness (QED) is 0.496. The lowest BCUT2D eigenvalue weighted by Gasteiger charge is -2.12. The molecule has 0 aliphatic rings. The zero-order chi connectivity index (χ0) is 10.4. The van der Waals surface area contributed by atoms with Crippen molar-refractivity contribution in [2.24, 2.45) is 5.92 Å². The third-order valence-electron chi connectivity index (χ3n) is 2.52. The van der Waals surface area contributed by atoms with Crippen LogP contribution in [0.2, 0.25) is 0 Å². The number of allylic oxidation sites excluding steroid dienone is 1. The van der Waals surface area contributed by atoms with Crippen LogP contribution in [0.3, 0.4) is 0 Å². The lowest BCUT2D eigenvalue weighted by atomic mass is 9.96. The lowest BCUT2D eigenvalue weighted by molar-refractivity contribution is -0.138. The Morgan fingerprint density at radius 3 is 2.23 bits per heavy atom. The Labute approximate surface area is 81.0 Å². The summed E-state index contributed by atoms with van der Waals surface area (Å²) in [5, 5.41) is 0. The van der Waals surface area contributed by atoms with Crippen molar-refractivity contribution >= 4 is 5.97 Å². The molecular formula is C11H20O2. The molecule has 0 radical (unpaired) electrons. The average molecular weight is 184 g/mol. The summed E-state index contributed by atoms with van der Waals surface area (Å²) in [6.45, 7) is 10.3. The van der Waals surface area contributed by atoms with E-state index in [1.807, 2.05) is 20.8 Å². The molecule has 0 aliphatic carbocycles. The van der Waals surface area contributed by atoms with Gasteiger partial charge in [-0.05, 0) is 33.1 Å². The molecule has 1 atom stereocenters. The second-order valence-electron chi connectivity index (χ2n) is 3.34. The van der Waals surface area contributed by atoms with Gasteiger partial charge in [0, 0.05) is 5.57 Å². The molecule has 0 fully saturated rings. The number of hydrogen-bond donors (Lipinski definition) is 0. The molecule has 2 heteroatoms. The molecule has 0 aliphatic heterocycles. The highest BCUT2D eigenvalue weighted by Crippen LogP contribution is 2.18. The number of esters is 1. The van der Waals surface area contributed by atoms with Crippen molar-refractivity contribution in [3.8, 4) is 0 Å². The van der Waals surface area contributed by atoms with E-state index in [9.17, 15) is 4.79 Å². The van der Waals surface area contributed by atoms with Crippen LogP contribution in [-0.4, -0.2) is 12.6 Å². The second-order valence-corrected chi connectivity index (χ2v) is 3.34. The molecule has 0 spiro atoms. The molecule has 0 aromatic rings. The van der Waals surface area contributed by atoms with E-state index in [0.717, 1.165) is 17.6 Å². The predicted molar refractivity (Wildman–Crippen MR) is 54.5 cm³/mol. The van der Waals surface area contributed by atoms with E-state index in [1.54, 1.807) is 0 Å². The van der Waals surface area contributed by atoms with E-state index in [4.69, 9.17) is 4.74 Å². The third-order valence-corrected chi connectivity index (χ3v) is 2.52. The van der Waals surface area contributed by atoms with Gasteiger partial charge >= 0.3 is 5.97 Å². The maximum absolute atomic E-state index is 11.3. The fourth-order valence-corrected chi connectivity index (χ4v) is 1.08. The Morgan fingerprint density at radius 2 is 1.85 bits per heavy atom. The van der Waals surface area contributed by atoms with Gasteiger partial charge in [-0.1, -0.05) is 19.4 Å². The van der Waals surface area contributed by atoms with Crippen LogP contribution in [0.5, 0.6) is 0 Å². The van der Waals surface area contributed by atoms with Gasteiger partial charge in [0.25, 0.3) is 0 Å². The van der Waals surface area contributed by atoms with Gasteiger partial charge in [0.2, 0.25) is 0 Å². The first kappa shape index (κ1) is 12.2. The minimum Gasteiger partial charge on any atom is -0.463 e. The largest absolute Gasteiger partial charge is 0.463 e. The van der Waals surface area contributed by atoms with E-state index in [2.05, 4.69) is 13.8 Å². The van der Waals surface area contributed by atoms with Crippen molar-refractivity contribution in [3.63, 3.8) is 0 Å². The van der Waals surface area contributed by atoms with Crippen LogP contribution in [-0.2, 0) is 9.53 Å². The monoisotopic (exact) mass is 184 g/mol. The van der Waals surface area contributed by atoms with Crippen LogP contribution >= 0.6 is 0 Å². The van der Waals surface area contributed by atoms with Gasteiger partial charge in [-0.25, -0.2) is 4.79 Å². The molecule has 0 heterocycles. The smallest absolute Gasteiger partial charge is 0.333 e. The molecule has 0 N–H and O–H groups in total. The van der Waals surface area contributed by atoms with Gasteiger partial charge in [0.05, 0.1) is 6.61 Å². The summed E-state index contributed by atoms with van der Waals surface area (Å²) in [5.74, 6) is 0.282. The number of ether oxygens (including phenoxy) is 1. The standard InChI is InChI=1S/C11H20O2/c1-6-8(3)9(4)10(5)11(12)13-7-2/h8H,6-7H2,1-5H3. The zero-order valence-electron chi connectivity index (χ0n) is 9.31. The number of hydrogen-bond acceptors (Lipinski definition) is 2.